The van der Waals surface area contributed by atoms with E-state index in [1.54, 1.807) is 0 Å². The number of carbonyl (C=O) groups is 2. The number of aromatic nitrogens is 1. The lowest BCUT2D eigenvalue weighted by atomic mass is 9.97. The summed E-state index contributed by atoms with van der Waals surface area (Å²) < 4.78 is 0. The van der Waals surface area contributed by atoms with Crippen LogP contribution in [0.15, 0.2) is 36.4 Å². The van der Waals surface area contributed by atoms with Crippen molar-refractivity contribution in [1.29, 1.82) is 0 Å². The van der Waals surface area contributed by atoms with Crippen molar-refractivity contribution in [3.8, 4) is 0 Å². The number of benzene rings is 1. The van der Waals surface area contributed by atoms with E-state index in [4.69, 9.17) is 5.11 Å². The SMILES string of the molecule is Cc1cc(CC(=O)N2CCC(Cc3ccc(CC(=O)O)cc3)C2)cc(C)n1. The zero-order chi connectivity index (χ0) is 19.4. The van der Waals surface area contributed by atoms with E-state index in [1.807, 2.05) is 55.1 Å². The molecule has 0 radical (unpaired) electrons. The molecule has 0 bridgehead atoms. The second-order valence-electron chi connectivity index (χ2n) is 7.52. The maximum atomic E-state index is 12.6. The van der Waals surface area contributed by atoms with Crippen molar-refractivity contribution in [2.24, 2.45) is 5.92 Å². The standard InChI is InChI=1S/C22H26N2O3/c1-15-9-20(10-16(2)23-15)12-21(25)24-8-7-19(14-24)11-17-3-5-18(6-4-17)13-22(26)27/h3-6,9-10,19H,7-8,11-14H2,1-2H3,(H,26,27). The molecule has 1 aliphatic rings. The van der Waals surface area contributed by atoms with Crippen molar-refractivity contribution in [2.45, 2.75) is 39.5 Å². The van der Waals surface area contributed by atoms with E-state index >= 15 is 0 Å². The van der Waals surface area contributed by atoms with E-state index in [2.05, 4.69) is 4.98 Å². The van der Waals surface area contributed by atoms with Gasteiger partial charge in [-0.1, -0.05) is 24.3 Å². The Balaban J connectivity index is 1.53. The van der Waals surface area contributed by atoms with Gasteiger partial charge in [-0.3, -0.25) is 14.6 Å². The molecule has 142 valence electrons. The van der Waals surface area contributed by atoms with Crippen LogP contribution in [0.3, 0.4) is 0 Å². The molecule has 0 spiro atoms. The predicted octanol–water partition coefficient (Wildman–Crippen LogP) is 2.96. The van der Waals surface area contributed by atoms with E-state index in [0.29, 0.717) is 12.3 Å². The van der Waals surface area contributed by atoms with Gasteiger partial charge in [0.25, 0.3) is 0 Å². The molecule has 3 rings (SSSR count). The molecule has 1 unspecified atom stereocenters. The normalized spacial score (nSPS) is 16.5. The van der Waals surface area contributed by atoms with Crippen molar-refractivity contribution in [3.05, 3.63) is 64.5 Å². The van der Waals surface area contributed by atoms with Gasteiger partial charge in [-0.25, -0.2) is 0 Å². The van der Waals surface area contributed by atoms with Crippen molar-refractivity contribution in [3.63, 3.8) is 0 Å². The number of amides is 1. The van der Waals surface area contributed by atoms with Crippen LogP contribution in [0.1, 0.15) is 34.5 Å². The van der Waals surface area contributed by atoms with Crippen LogP contribution in [0.4, 0.5) is 0 Å². The minimum absolute atomic E-state index is 0.0555. The highest BCUT2D eigenvalue weighted by Gasteiger charge is 2.26. The van der Waals surface area contributed by atoms with Gasteiger partial charge >= 0.3 is 5.97 Å². The van der Waals surface area contributed by atoms with Crippen molar-refractivity contribution in [2.75, 3.05) is 13.1 Å². The van der Waals surface area contributed by atoms with Gasteiger partial charge in [0.1, 0.15) is 0 Å². The van der Waals surface area contributed by atoms with Gasteiger partial charge in [0.2, 0.25) is 5.91 Å². The predicted molar refractivity (Wildman–Crippen MR) is 104 cm³/mol. The molecule has 2 aromatic rings. The Hall–Kier alpha value is -2.69. The molecule has 1 amide bonds. The zero-order valence-corrected chi connectivity index (χ0v) is 15.9. The minimum atomic E-state index is -0.813. The van der Waals surface area contributed by atoms with E-state index in [-0.39, 0.29) is 12.3 Å². The Labute approximate surface area is 160 Å². The Bertz CT molecular complexity index is 810. The fourth-order valence-electron chi connectivity index (χ4n) is 3.84. The number of carboxylic acids is 1. The van der Waals surface area contributed by atoms with Crippen molar-refractivity contribution < 1.29 is 14.7 Å². The number of likely N-dealkylation sites (tertiary alicyclic amines) is 1. The highest BCUT2D eigenvalue weighted by atomic mass is 16.4. The molecule has 0 aliphatic carbocycles. The molecule has 1 aromatic heterocycles. The third-order valence-electron chi connectivity index (χ3n) is 5.04. The van der Waals surface area contributed by atoms with Gasteiger partial charge in [0, 0.05) is 24.5 Å². The smallest absolute Gasteiger partial charge is 0.307 e. The average molecular weight is 366 g/mol. The van der Waals surface area contributed by atoms with Crippen LogP contribution in [0.5, 0.6) is 0 Å². The second kappa shape index (κ2) is 8.33. The second-order valence-corrected chi connectivity index (χ2v) is 7.52. The molecule has 0 saturated carbocycles. The van der Waals surface area contributed by atoms with Crippen LogP contribution < -0.4 is 0 Å². The van der Waals surface area contributed by atoms with E-state index in [9.17, 15) is 9.59 Å². The monoisotopic (exact) mass is 366 g/mol. The molecule has 1 aliphatic heterocycles. The fourth-order valence-corrected chi connectivity index (χ4v) is 3.84. The number of carbonyl (C=O) groups excluding carboxylic acids is 1. The van der Waals surface area contributed by atoms with Gasteiger partial charge in [-0.05, 0) is 61.4 Å². The number of aliphatic carboxylic acids is 1. The number of carboxylic acid groups (broad SMARTS) is 1. The van der Waals surface area contributed by atoms with Crippen LogP contribution in [-0.2, 0) is 28.9 Å². The van der Waals surface area contributed by atoms with Crippen LogP contribution in [0.25, 0.3) is 0 Å². The third kappa shape index (κ3) is 5.39. The lowest BCUT2D eigenvalue weighted by Gasteiger charge is -2.17. The summed E-state index contributed by atoms with van der Waals surface area (Å²) >= 11 is 0. The summed E-state index contributed by atoms with van der Waals surface area (Å²) in [5.74, 6) is -0.174. The Kier molecular flexibility index (Phi) is 5.89. The molecule has 5 nitrogen and oxygen atoms in total. The van der Waals surface area contributed by atoms with E-state index < -0.39 is 5.97 Å². The van der Waals surface area contributed by atoms with Crippen LogP contribution in [-0.4, -0.2) is 40.0 Å². The van der Waals surface area contributed by atoms with Crippen molar-refractivity contribution >= 4 is 11.9 Å². The molecule has 1 fully saturated rings. The third-order valence-corrected chi connectivity index (χ3v) is 5.04. The fraction of sp³-hybridized carbons (Fsp3) is 0.409. The van der Waals surface area contributed by atoms with Crippen LogP contribution in [0.2, 0.25) is 0 Å². The van der Waals surface area contributed by atoms with Gasteiger partial charge in [0.15, 0.2) is 0 Å². The molecule has 1 atom stereocenters. The summed E-state index contributed by atoms with van der Waals surface area (Å²) in [6, 6.07) is 11.7. The lowest BCUT2D eigenvalue weighted by molar-refractivity contribution is -0.136. The lowest BCUT2D eigenvalue weighted by Crippen LogP contribution is -2.30. The number of nitrogens with zero attached hydrogens (tertiary/aromatic N) is 2. The van der Waals surface area contributed by atoms with Crippen LogP contribution in [0, 0.1) is 19.8 Å². The Morgan fingerprint density at radius 1 is 1.04 bits per heavy atom. The number of hydrogen-bond donors (Lipinski definition) is 1. The van der Waals surface area contributed by atoms with Gasteiger partial charge < -0.3 is 10.0 Å². The summed E-state index contributed by atoms with van der Waals surface area (Å²) in [4.78, 5) is 29.7. The topological polar surface area (TPSA) is 70.5 Å². The first-order chi connectivity index (χ1) is 12.9. The molecule has 1 aromatic carbocycles. The van der Waals surface area contributed by atoms with Gasteiger partial charge in [-0.15, -0.1) is 0 Å². The van der Waals surface area contributed by atoms with Gasteiger partial charge in [0.05, 0.1) is 12.8 Å². The molecule has 27 heavy (non-hydrogen) atoms. The Morgan fingerprint density at radius 2 is 1.67 bits per heavy atom. The summed E-state index contributed by atoms with van der Waals surface area (Å²) in [5, 5.41) is 8.84. The summed E-state index contributed by atoms with van der Waals surface area (Å²) in [5.41, 5.74) is 4.94. The first-order valence-corrected chi connectivity index (χ1v) is 9.40. The largest absolute Gasteiger partial charge is 0.481 e. The van der Waals surface area contributed by atoms with Crippen molar-refractivity contribution in [1.82, 2.24) is 9.88 Å². The van der Waals surface area contributed by atoms with Crippen LogP contribution >= 0.6 is 0 Å². The minimum Gasteiger partial charge on any atom is -0.481 e. The molecule has 1 saturated heterocycles. The Morgan fingerprint density at radius 3 is 2.30 bits per heavy atom. The molecular formula is C22H26N2O3. The highest BCUT2D eigenvalue weighted by Crippen LogP contribution is 2.22. The molecular weight excluding hydrogens is 340 g/mol. The zero-order valence-electron chi connectivity index (χ0n) is 15.9. The maximum Gasteiger partial charge on any atom is 0.307 e. The number of aryl methyl sites for hydroxylation is 2. The van der Waals surface area contributed by atoms with E-state index in [0.717, 1.165) is 48.4 Å². The number of hydrogen-bond acceptors (Lipinski definition) is 3. The van der Waals surface area contributed by atoms with Gasteiger partial charge in [-0.2, -0.15) is 0 Å². The van der Waals surface area contributed by atoms with E-state index in [1.165, 1.54) is 5.56 Å². The average Bonchev–Trinajstić information content (AvgIpc) is 3.04. The first kappa shape index (κ1) is 19.1. The summed E-state index contributed by atoms with van der Waals surface area (Å²) in [7, 11) is 0. The summed E-state index contributed by atoms with van der Waals surface area (Å²) in [6.07, 6.45) is 2.42. The maximum absolute atomic E-state index is 12.6. The molecule has 5 heteroatoms. The first-order valence-electron chi connectivity index (χ1n) is 9.40. The molecule has 2 heterocycles. The highest BCUT2D eigenvalue weighted by molar-refractivity contribution is 5.79. The summed E-state index contributed by atoms with van der Waals surface area (Å²) in [6.45, 7) is 5.51. The number of rotatable bonds is 6. The number of pyridine rings is 1. The molecule has 1 N–H and O–H groups in total. The quantitative estimate of drug-likeness (QED) is 0.853.